The number of nitrogens with one attached hydrogen (secondary N) is 1. The zero-order chi connectivity index (χ0) is 26.2. The van der Waals surface area contributed by atoms with E-state index in [1.165, 1.54) is 26.0 Å². The molecular formula is C23H26N4O7S2. The molecule has 0 radical (unpaired) electrons. The van der Waals surface area contributed by atoms with Crippen molar-refractivity contribution in [3.05, 3.63) is 46.1 Å². The van der Waals surface area contributed by atoms with Crippen molar-refractivity contribution in [3.63, 3.8) is 0 Å². The standard InChI is InChI=1S/C23H26N4O7S2/c1-6-27-16(11-34-15-9-7-14(31-3)8-10-15)25-26-23(27)35-12-17(28)24-20-18(21(29)32-4)13(2)19(36-20)22(30)33-5/h7-10H,6,11-12H2,1-5H3,(H,24,28). The molecule has 1 N–H and O–H groups in total. The predicted molar refractivity (Wildman–Crippen MR) is 134 cm³/mol. The predicted octanol–water partition coefficient (Wildman–Crippen LogP) is 3.56. The van der Waals surface area contributed by atoms with Crippen LogP contribution in [-0.2, 0) is 27.4 Å². The largest absolute Gasteiger partial charge is 0.497 e. The van der Waals surface area contributed by atoms with Crippen molar-refractivity contribution in [1.29, 1.82) is 0 Å². The molecule has 1 aromatic carbocycles. The van der Waals surface area contributed by atoms with Crippen molar-refractivity contribution in [2.75, 3.05) is 32.4 Å². The lowest BCUT2D eigenvalue weighted by molar-refractivity contribution is -0.113. The lowest BCUT2D eigenvalue weighted by Crippen LogP contribution is -2.16. The van der Waals surface area contributed by atoms with Crippen LogP contribution in [0.2, 0.25) is 0 Å². The molecule has 2 heterocycles. The number of carbonyl (C=O) groups excluding carboxylic acids is 3. The smallest absolute Gasteiger partial charge is 0.348 e. The molecule has 1 amide bonds. The topological polar surface area (TPSA) is 131 Å². The average Bonchev–Trinajstić information content (AvgIpc) is 3.45. The van der Waals surface area contributed by atoms with Gasteiger partial charge in [-0.3, -0.25) is 4.79 Å². The quantitative estimate of drug-likeness (QED) is 0.288. The first-order valence-corrected chi connectivity index (χ1v) is 12.5. The second-order valence-corrected chi connectivity index (χ2v) is 9.15. The number of aromatic nitrogens is 3. The summed E-state index contributed by atoms with van der Waals surface area (Å²) in [6.07, 6.45) is 0. The Bertz CT molecular complexity index is 1240. The highest BCUT2D eigenvalue weighted by molar-refractivity contribution is 7.99. The van der Waals surface area contributed by atoms with E-state index in [-0.39, 0.29) is 33.7 Å². The van der Waals surface area contributed by atoms with Crippen LogP contribution in [0.15, 0.2) is 29.4 Å². The van der Waals surface area contributed by atoms with E-state index in [1.54, 1.807) is 38.3 Å². The summed E-state index contributed by atoms with van der Waals surface area (Å²) >= 11 is 2.15. The number of thioether (sulfide) groups is 1. The van der Waals surface area contributed by atoms with E-state index in [1.807, 2.05) is 11.5 Å². The second-order valence-electron chi connectivity index (χ2n) is 7.19. The highest BCUT2D eigenvalue weighted by atomic mass is 32.2. The molecule has 0 aliphatic heterocycles. The highest BCUT2D eigenvalue weighted by Crippen LogP contribution is 2.34. The molecule has 0 saturated heterocycles. The third-order valence-corrected chi connectivity index (χ3v) is 7.18. The second kappa shape index (κ2) is 12.4. The van der Waals surface area contributed by atoms with Gasteiger partial charge in [-0.15, -0.1) is 21.5 Å². The SMILES string of the molecule is CCn1c(COc2ccc(OC)cc2)nnc1SCC(=O)Nc1sc(C(=O)OC)c(C)c1C(=O)OC. The molecule has 2 aromatic heterocycles. The van der Waals surface area contributed by atoms with E-state index in [9.17, 15) is 14.4 Å². The molecule has 0 bridgehead atoms. The number of rotatable bonds is 11. The number of amides is 1. The molecule has 3 aromatic rings. The molecule has 0 atom stereocenters. The molecule has 36 heavy (non-hydrogen) atoms. The molecule has 13 heteroatoms. The maximum absolute atomic E-state index is 12.7. The summed E-state index contributed by atoms with van der Waals surface area (Å²) in [5.74, 6) is 0.364. The van der Waals surface area contributed by atoms with Crippen molar-refractivity contribution in [3.8, 4) is 11.5 Å². The number of ether oxygens (including phenoxy) is 4. The minimum Gasteiger partial charge on any atom is -0.497 e. The maximum Gasteiger partial charge on any atom is 0.348 e. The Morgan fingerprint density at radius 3 is 2.31 bits per heavy atom. The van der Waals surface area contributed by atoms with Crippen molar-refractivity contribution in [1.82, 2.24) is 14.8 Å². The number of esters is 2. The van der Waals surface area contributed by atoms with Gasteiger partial charge in [-0.1, -0.05) is 11.8 Å². The molecule has 0 spiro atoms. The van der Waals surface area contributed by atoms with Crippen molar-refractivity contribution in [2.45, 2.75) is 32.2 Å². The zero-order valence-corrected chi connectivity index (χ0v) is 22.1. The molecule has 11 nitrogen and oxygen atoms in total. The summed E-state index contributed by atoms with van der Waals surface area (Å²) in [7, 11) is 4.07. The minimum absolute atomic E-state index is 0.00257. The van der Waals surface area contributed by atoms with Crippen LogP contribution >= 0.6 is 23.1 Å². The van der Waals surface area contributed by atoms with E-state index in [4.69, 9.17) is 18.9 Å². The van der Waals surface area contributed by atoms with Crippen LogP contribution in [-0.4, -0.2) is 59.7 Å². The van der Waals surface area contributed by atoms with Crippen molar-refractivity contribution in [2.24, 2.45) is 0 Å². The Morgan fingerprint density at radius 2 is 1.69 bits per heavy atom. The Balaban J connectivity index is 1.66. The van der Waals surface area contributed by atoms with Gasteiger partial charge >= 0.3 is 11.9 Å². The summed E-state index contributed by atoms with van der Waals surface area (Å²) in [4.78, 5) is 37.2. The Kier molecular flexibility index (Phi) is 9.31. The fourth-order valence-electron chi connectivity index (χ4n) is 3.20. The molecule has 0 saturated carbocycles. The van der Waals surface area contributed by atoms with E-state index in [0.29, 0.717) is 28.8 Å². The maximum atomic E-state index is 12.7. The van der Waals surface area contributed by atoms with E-state index < -0.39 is 11.9 Å². The van der Waals surface area contributed by atoms with Gasteiger partial charge in [-0.25, -0.2) is 9.59 Å². The van der Waals surface area contributed by atoms with Crippen LogP contribution in [0.3, 0.4) is 0 Å². The summed E-state index contributed by atoms with van der Waals surface area (Å²) in [6.45, 7) is 4.32. The van der Waals surface area contributed by atoms with Gasteiger partial charge in [-0.05, 0) is 43.7 Å². The number of hydrogen-bond donors (Lipinski definition) is 1. The van der Waals surface area contributed by atoms with Crippen LogP contribution in [0, 0.1) is 6.92 Å². The van der Waals surface area contributed by atoms with E-state index in [2.05, 4.69) is 15.5 Å². The van der Waals surface area contributed by atoms with Gasteiger partial charge in [0.05, 0.1) is 32.6 Å². The lowest BCUT2D eigenvalue weighted by atomic mass is 10.1. The van der Waals surface area contributed by atoms with Gasteiger partial charge in [-0.2, -0.15) is 0 Å². The summed E-state index contributed by atoms with van der Waals surface area (Å²) in [5.41, 5.74) is 0.504. The van der Waals surface area contributed by atoms with Crippen LogP contribution < -0.4 is 14.8 Å². The van der Waals surface area contributed by atoms with Gasteiger partial charge in [0.2, 0.25) is 5.91 Å². The molecule has 0 fully saturated rings. The summed E-state index contributed by atoms with van der Waals surface area (Å²) in [6, 6.07) is 7.20. The fraction of sp³-hybridized carbons (Fsp3) is 0.348. The first-order chi connectivity index (χ1) is 17.3. The molecule has 192 valence electrons. The first kappa shape index (κ1) is 27.0. The fourth-order valence-corrected chi connectivity index (χ4v) is 5.15. The molecule has 0 aliphatic rings. The molecule has 0 aliphatic carbocycles. The number of hydrogen-bond acceptors (Lipinski definition) is 11. The van der Waals surface area contributed by atoms with Gasteiger partial charge in [0.25, 0.3) is 0 Å². The average molecular weight is 535 g/mol. The minimum atomic E-state index is -0.658. The Morgan fingerprint density at radius 1 is 1.03 bits per heavy atom. The summed E-state index contributed by atoms with van der Waals surface area (Å²) < 4.78 is 22.4. The number of anilines is 1. The zero-order valence-electron chi connectivity index (χ0n) is 20.4. The van der Waals surface area contributed by atoms with Gasteiger partial charge in [0, 0.05) is 6.54 Å². The van der Waals surface area contributed by atoms with Crippen LogP contribution in [0.25, 0.3) is 0 Å². The van der Waals surface area contributed by atoms with Crippen LogP contribution in [0.4, 0.5) is 5.00 Å². The molecular weight excluding hydrogens is 508 g/mol. The normalized spacial score (nSPS) is 10.6. The Labute approximate surface area is 216 Å². The first-order valence-electron chi connectivity index (χ1n) is 10.7. The van der Waals surface area contributed by atoms with Gasteiger partial charge in [0.1, 0.15) is 28.0 Å². The monoisotopic (exact) mass is 534 g/mol. The highest BCUT2D eigenvalue weighted by Gasteiger charge is 2.27. The number of thiophene rings is 1. The third kappa shape index (κ3) is 6.15. The van der Waals surface area contributed by atoms with Gasteiger partial charge in [0.15, 0.2) is 11.0 Å². The van der Waals surface area contributed by atoms with Crippen molar-refractivity contribution < 1.29 is 33.3 Å². The number of benzene rings is 1. The van der Waals surface area contributed by atoms with Crippen LogP contribution in [0.5, 0.6) is 11.5 Å². The third-order valence-electron chi connectivity index (χ3n) is 5.03. The molecule has 3 rings (SSSR count). The van der Waals surface area contributed by atoms with Crippen LogP contribution in [0.1, 0.15) is 38.3 Å². The Hall–Kier alpha value is -3.58. The number of carbonyl (C=O) groups is 3. The van der Waals surface area contributed by atoms with Crippen molar-refractivity contribution >= 4 is 45.9 Å². The van der Waals surface area contributed by atoms with E-state index in [0.717, 1.165) is 17.1 Å². The summed E-state index contributed by atoms with van der Waals surface area (Å²) in [5, 5.41) is 11.8. The lowest BCUT2D eigenvalue weighted by Gasteiger charge is -2.09. The van der Waals surface area contributed by atoms with Gasteiger partial charge < -0.3 is 28.8 Å². The number of methoxy groups -OCH3 is 3. The molecule has 0 unspecified atom stereocenters. The number of nitrogens with zero attached hydrogens (tertiary/aromatic N) is 3. The van der Waals surface area contributed by atoms with E-state index >= 15 is 0 Å².